The fourth-order valence-corrected chi connectivity index (χ4v) is 9.06. The van der Waals surface area contributed by atoms with Crippen LogP contribution in [0.4, 0.5) is 0 Å². The minimum absolute atomic E-state index is 1.20. The number of hydrogen-bond acceptors (Lipinski definition) is 0. The summed E-state index contributed by atoms with van der Waals surface area (Å²) < 4.78 is 0. The van der Waals surface area contributed by atoms with Crippen LogP contribution in [0.3, 0.4) is 0 Å². The van der Waals surface area contributed by atoms with E-state index in [-0.39, 0.29) is 0 Å². The first-order valence-electron chi connectivity index (χ1n) is 19.4. The SMILES string of the molecule is c1cc(-c2cccc3ccccc23)cc(-c2cccc3c(-c4cccc5ccccc45)c4ccccc4c(-c4cccc(-c5ccc6ccccc6c5)c4)c23)c1. The van der Waals surface area contributed by atoms with Gasteiger partial charge in [-0.25, -0.2) is 0 Å². The van der Waals surface area contributed by atoms with Crippen LogP contribution in [0.25, 0.3) is 109 Å². The minimum atomic E-state index is 1.20. The van der Waals surface area contributed by atoms with Crippen LogP contribution in [-0.2, 0) is 0 Å². The zero-order valence-corrected chi connectivity index (χ0v) is 30.8. The molecule has 0 atom stereocenters. The third-order valence-corrected chi connectivity index (χ3v) is 11.6. The zero-order chi connectivity index (χ0) is 37.0. The molecule has 0 bridgehead atoms. The fraction of sp³-hybridized carbons (Fsp3) is 0. The van der Waals surface area contributed by atoms with Crippen LogP contribution in [0.2, 0.25) is 0 Å². The summed E-state index contributed by atoms with van der Waals surface area (Å²) in [6.07, 6.45) is 0. The summed E-state index contributed by atoms with van der Waals surface area (Å²) in [4.78, 5) is 0. The van der Waals surface area contributed by atoms with Crippen LogP contribution in [0.15, 0.2) is 218 Å². The molecule has 0 amide bonds. The first-order valence-corrected chi connectivity index (χ1v) is 19.4. The van der Waals surface area contributed by atoms with Crippen LogP contribution in [-0.4, -0.2) is 0 Å². The Labute approximate surface area is 326 Å². The molecule has 11 rings (SSSR count). The summed E-state index contributed by atoms with van der Waals surface area (Å²) in [5, 5.41) is 12.5. The molecule has 0 aliphatic carbocycles. The largest absolute Gasteiger partial charge is 0.0616 e. The van der Waals surface area contributed by atoms with Crippen LogP contribution in [0, 0.1) is 0 Å². The summed E-state index contributed by atoms with van der Waals surface area (Å²) in [6.45, 7) is 0. The molecule has 0 aliphatic rings. The van der Waals surface area contributed by atoms with Gasteiger partial charge in [-0.05, 0) is 128 Å². The van der Waals surface area contributed by atoms with Crippen molar-refractivity contribution in [2.75, 3.05) is 0 Å². The van der Waals surface area contributed by atoms with Gasteiger partial charge in [0.2, 0.25) is 0 Å². The molecule has 0 saturated carbocycles. The fourth-order valence-electron chi connectivity index (χ4n) is 9.06. The monoisotopic (exact) mass is 708 g/mol. The number of benzene rings is 11. The lowest BCUT2D eigenvalue weighted by Crippen LogP contribution is -1.94. The van der Waals surface area contributed by atoms with Crippen molar-refractivity contribution in [1.29, 1.82) is 0 Å². The van der Waals surface area contributed by atoms with Gasteiger partial charge >= 0.3 is 0 Å². The molecule has 0 heteroatoms. The van der Waals surface area contributed by atoms with Gasteiger partial charge in [0, 0.05) is 0 Å². The van der Waals surface area contributed by atoms with Gasteiger partial charge in [-0.15, -0.1) is 0 Å². The van der Waals surface area contributed by atoms with Crippen molar-refractivity contribution < 1.29 is 0 Å². The van der Waals surface area contributed by atoms with Crippen molar-refractivity contribution in [2.24, 2.45) is 0 Å². The maximum Gasteiger partial charge on any atom is -0.00141 e. The second kappa shape index (κ2) is 13.2. The molecule has 0 fully saturated rings. The van der Waals surface area contributed by atoms with E-state index in [4.69, 9.17) is 0 Å². The van der Waals surface area contributed by atoms with E-state index >= 15 is 0 Å². The molecule has 0 saturated heterocycles. The van der Waals surface area contributed by atoms with E-state index in [2.05, 4.69) is 218 Å². The first kappa shape index (κ1) is 32.2. The Balaban J connectivity index is 1.23. The van der Waals surface area contributed by atoms with Gasteiger partial charge in [-0.2, -0.15) is 0 Å². The number of rotatable bonds is 5. The van der Waals surface area contributed by atoms with Gasteiger partial charge in [0.25, 0.3) is 0 Å². The van der Waals surface area contributed by atoms with E-state index in [1.54, 1.807) is 0 Å². The van der Waals surface area contributed by atoms with Crippen molar-refractivity contribution in [3.63, 3.8) is 0 Å². The van der Waals surface area contributed by atoms with E-state index in [9.17, 15) is 0 Å². The molecular formula is C56H36. The normalized spacial score (nSPS) is 11.6. The summed E-state index contributed by atoms with van der Waals surface area (Å²) in [7, 11) is 0. The van der Waals surface area contributed by atoms with Crippen LogP contribution in [0.5, 0.6) is 0 Å². The maximum absolute atomic E-state index is 2.40. The van der Waals surface area contributed by atoms with Gasteiger partial charge in [0.15, 0.2) is 0 Å². The van der Waals surface area contributed by atoms with Crippen molar-refractivity contribution >= 4 is 53.9 Å². The average Bonchev–Trinajstić information content (AvgIpc) is 3.27. The van der Waals surface area contributed by atoms with Crippen molar-refractivity contribution in [1.82, 2.24) is 0 Å². The van der Waals surface area contributed by atoms with E-state index < -0.39 is 0 Å². The summed E-state index contributed by atoms with van der Waals surface area (Å²) >= 11 is 0. The molecule has 260 valence electrons. The van der Waals surface area contributed by atoms with Gasteiger partial charge in [0.1, 0.15) is 0 Å². The highest BCUT2D eigenvalue weighted by atomic mass is 14.2. The lowest BCUT2D eigenvalue weighted by molar-refractivity contribution is 1.61. The standard InChI is InChI=1S/C56H36/c1-2-17-40-34-42(33-32-37(40)14-1)41-20-9-23-45(35-41)54-51-26-7-8-27-52(51)55(50-30-12-19-39-16-4-6-25-47(39)50)53-31-13-29-49(56(53)54)44-22-10-21-43(36-44)48-28-11-18-38-15-3-5-24-46(38)48/h1-36H. The first-order chi connectivity index (χ1) is 27.8. The Hall–Kier alpha value is -7.28. The van der Waals surface area contributed by atoms with Crippen LogP contribution < -0.4 is 0 Å². The van der Waals surface area contributed by atoms with Crippen molar-refractivity contribution in [2.45, 2.75) is 0 Å². The van der Waals surface area contributed by atoms with E-state index in [0.29, 0.717) is 0 Å². The quantitative estimate of drug-likeness (QED) is 0.156. The molecular weight excluding hydrogens is 673 g/mol. The van der Waals surface area contributed by atoms with Crippen molar-refractivity contribution in [3.05, 3.63) is 218 Å². The maximum atomic E-state index is 2.40. The third-order valence-electron chi connectivity index (χ3n) is 11.6. The van der Waals surface area contributed by atoms with Gasteiger partial charge in [0.05, 0.1) is 0 Å². The van der Waals surface area contributed by atoms with Crippen molar-refractivity contribution in [3.8, 4) is 55.6 Å². The Bertz CT molecular complexity index is 3300. The van der Waals surface area contributed by atoms with Gasteiger partial charge in [-0.3, -0.25) is 0 Å². The van der Waals surface area contributed by atoms with Gasteiger partial charge in [-0.1, -0.05) is 200 Å². The highest BCUT2D eigenvalue weighted by Gasteiger charge is 2.21. The molecule has 0 unspecified atom stereocenters. The summed E-state index contributed by atoms with van der Waals surface area (Å²) in [5.74, 6) is 0. The molecule has 56 heavy (non-hydrogen) atoms. The zero-order valence-electron chi connectivity index (χ0n) is 30.8. The Morgan fingerprint density at radius 3 is 1.39 bits per heavy atom. The summed E-state index contributed by atoms with van der Waals surface area (Å²) in [6, 6.07) is 80.5. The molecule has 0 heterocycles. The molecule has 11 aromatic carbocycles. The molecule has 0 aliphatic heterocycles. The lowest BCUT2D eigenvalue weighted by atomic mass is 9.81. The molecule has 0 nitrogen and oxygen atoms in total. The molecule has 0 aromatic heterocycles. The number of hydrogen-bond donors (Lipinski definition) is 0. The predicted octanol–water partition coefficient (Wildman–Crippen LogP) is 15.8. The second-order valence-corrected chi connectivity index (χ2v) is 14.8. The second-order valence-electron chi connectivity index (χ2n) is 14.8. The van der Waals surface area contributed by atoms with Crippen LogP contribution >= 0.6 is 0 Å². The van der Waals surface area contributed by atoms with E-state index in [1.165, 1.54) is 109 Å². The average molecular weight is 709 g/mol. The van der Waals surface area contributed by atoms with Crippen LogP contribution in [0.1, 0.15) is 0 Å². The molecule has 0 spiro atoms. The number of fused-ring (bicyclic) bond motifs is 5. The third kappa shape index (κ3) is 5.30. The van der Waals surface area contributed by atoms with E-state index in [0.717, 1.165) is 0 Å². The Morgan fingerprint density at radius 2 is 0.643 bits per heavy atom. The van der Waals surface area contributed by atoms with E-state index in [1.807, 2.05) is 0 Å². The highest BCUT2D eigenvalue weighted by molar-refractivity contribution is 6.26. The molecule has 11 aromatic rings. The summed E-state index contributed by atoms with van der Waals surface area (Å²) in [5.41, 5.74) is 12.3. The van der Waals surface area contributed by atoms with Gasteiger partial charge < -0.3 is 0 Å². The molecule has 0 N–H and O–H groups in total. The Morgan fingerprint density at radius 1 is 0.196 bits per heavy atom. The minimum Gasteiger partial charge on any atom is -0.0616 e. The lowest BCUT2D eigenvalue weighted by Gasteiger charge is -2.21. The highest BCUT2D eigenvalue weighted by Crippen LogP contribution is 2.49. The molecule has 0 radical (unpaired) electrons. The topological polar surface area (TPSA) is 0 Å². The predicted molar refractivity (Wildman–Crippen MR) is 241 cm³/mol. The smallest absolute Gasteiger partial charge is 0.00141 e. The Kier molecular flexibility index (Phi) is 7.60.